The van der Waals surface area contributed by atoms with E-state index in [-0.39, 0.29) is 18.7 Å². The van der Waals surface area contributed by atoms with Crippen LogP contribution in [-0.2, 0) is 6.54 Å². The maximum atomic E-state index is 11.5. The molecule has 1 aromatic carbocycles. The summed E-state index contributed by atoms with van der Waals surface area (Å²) in [6, 6.07) is 8.66. The van der Waals surface area contributed by atoms with Gasteiger partial charge in [-0.3, -0.25) is 4.79 Å². The molecule has 100 valence electrons. The fraction of sp³-hybridized carbons (Fsp3) is 0.286. The van der Waals surface area contributed by atoms with E-state index in [1.54, 1.807) is 0 Å². The second-order valence-corrected chi connectivity index (χ2v) is 4.26. The van der Waals surface area contributed by atoms with E-state index in [4.69, 9.17) is 9.84 Å². The van der Waals surface area contributed by atoms with E-state index in [1.165, 1.54) is 16.8 Å². The predicted molar refractivity (Wildman–Crippen MR) is 71.6 cm³/mol. The molecule has 0 unspecified atom stereocenters. The van der Waals surface area contributed by atoms with Gasteiger partial charge in [-0.1, -0.05) is 12.1 Å². The average Bonchev–Trinajstić information content (AvgIpc) is 2.39. The molecule has 0 amide bonds. The number of ether oxygens (including phenoxy) is 1. The molecule has 0 bridgehead atoms. The van der Waals surface area contributed by atoms with E-state index in [2.05, 4.69) is 5.10 Å². The third kappa shape index (κ3) is 3.00. The van der Waals surface area contributed by atoms with Gasteiger partial charge in [-0.25, -0.2) is 4.68 Å². The summed E-state index contributed by atoms with van der Waals surface area (Å²) in [4.78, 5) is 11.5. The zero-order valence-electron chi connectivity index (χ0n) is 11.0. The van der Waals surface area contributed by atoms with Gasteiger partial charge in [-0.15, -0.1) is 5.10 Å². The van der Waals surface area contributed by atoms with Gasteiger partial charge in [0, 0.05) is 12.1 Å². The monoisotopic (exact) mass is 260 g/mol. The Morgan fingerprint density at radius 3 is 2.79 bits per heavy atom. The van der Waals surface area contributed by atoms with Crippen molar-refractivity contribution in [3.05, 3.63) is 51.8 Å². The van der Waals surface area contributed by atoms with Crippen molar-refractivity contribution in [3.8, 4) is 11.6 Å². The Balaban J connectivity index is 2.31. The topological polar surface area (TPSA) is 64.3 Å². The number of hydrogen-bond acceptors (Lipinski definition) is 4. The predicted octanol–water partition coefficient (Wildman–Crippen LogP) is 1.64. The molecule has 0 aliphatic carbocycles. The summed E-state index contributed by atoms with van der Waals surface area (Å²) in [5, 5.41) is 12.9. The minimum atomic E-state index is -0.262. The summed E-state index contributed by atoms with van der Waals surface area (Å²) < 4.78 is 6.86. The first-order valence-corrected chi connectivity index (χ1v) is 6.05. The normalized spacial score (nSPS) is 10.5. The molecular formula is C14H16N2O3. The lowest BCUT2D eigenvalue weighted by molar-refractivity contribution is 0.263. The molecule has 5 nitrogen and oxygen atoms in total. The van der Waals surface area contributed by atoms with E-state index in [9.17, 15) is 4.79 Å². The maximum Gasteiger partial charge on any atom is 0.267 e. The van der Waals surface area contributed by atoms with Crippen LogP contribution in [0.15, 0.2) is 35.1 Å². The summed E-state index contributed by atoms with van der Waals surface area (Å²) >= 11 is 0. The Morgan fingerprint density at radius 2 is 2.05 bits per heavy atom. The maximum absolute atomic E-state index is 11.5. The largest absolute Gasteiger partial charge is 0.437 e. The molecular weight excluding hydrogens is 244 g/mol. The zero-order chi connectivity index (χ0) is 13.8. The molecule has 19 heavy (non-hydrogen) atoms. The number of hydrogen-bond donors (Lipinski definition) is 1. The smallest absolute Gasteiger partial charge is 0.267 e. The van der Waals surface area contributed by atoms with Crippen LogP contribution in [0, 0.1) is 13.8 Å². The van der Waals surface area contributed by atoms with E-state index < -0.39 is 0 Å². The lowest BCUT2D eigenvalue weighted by atomic mass is 10.1. The Hall–Kier alpha value is -2.14. The Labute approximate surface area is 111 Å². The van der Waals surface area contributed by atoms with Crippen LogP contribution in [-0.4, -0.2) is 21.5 Å². The van der Waals surface area contributed by atoms with Gasteiger partial charge in [0.25, 0.3) is 5.56 Å². The molecule has 2 aromatic rings. The van der Waals surface area contributed by atoms with Crippen molar-refractivity contribution < 1.29 is 9.84 Å². The summed E-state index contributed by atoms with van der Waals surface area (Å²) in [5.74, 6) is 1.04. The first kappa shape index (κ1) is 13.3. The lowest BCUT2D eigenvalue weighted by Gasteiger charge is -2.10. The Bertz CT molecular complexity index is 635. The van der Waals surface area contributed by atoms with Crippen molar-refractivity contribution in [3.63, 3.8) is 0 Å². The lowest BCUT2D eigenvalue weighted by Crippen LogP contribution is -2.23. The average molecular weight is 260 g/mol. The summed E-state index contributed by atoms with van der Waals surface area (Å²) in [7, 11) is 0. The van der Waals surface area contributed by atoms with E-state index in [0.29, 0.717) is 11.6 Å². The number of nitrogens with zero attached hydrogens (tertiary/aromatic N) is 2. The molecule has 5 heteroatoms. The van der Waals surface area contributed by atoms with Crippen LogP contribution in [0.1, 0.15) is 11.1 Å². The molecule has 0 fully saturated rings. The third-order valence-corrected chi connectivity index (χ3v) is 2.92. The Morgan fingerprint density at radius 1 is 1.26 bits per heavy atom. The Kier molecular flexibility index (Phi) is 3.97. The highest BCUT2D eigenvalue weighted by molar-refractivity contribution is 5.40. The van der Waals surface area contributed by atoms with Crippen molar-refractivity contribution in [2.75, 3.05) is 6.61 Å². The fourth-order valence-corrected chi connectivity index (χ4v) is 1.69. The van der Waals surface area contributed by atoms with Gasteiger partial charge in [0.1, 0.15) is 5.75 Å². The quantitative estimate of drug-likeness (QED) is 0.907. The highest BCUT2D eigenvalue weighted by atomic mass is 16.5. The molecule has 0 saturated heterocycles. The molecule has 1 aromatic heterocycles. The molecule has 1 N–H and O–H groups in total. The van der Waals surface area contributed by atoms with Crippen molar-refractivity contribution >= 4 is 0 Å². The van der Waals surface area contributed by atoms with Crippen LogP contribution in [0.3, 0.4) is 0 Å². The van der Waals surface area contributed by atoms with Gasteiger partial charge < -0.3 is 9.84 Å². The van der Waals surface area contributed by atoms with Crippen LogP contribution < -0.4 is 10.3 Å². The van der Waals surface area contributed by atoms with Crippen molar-refractivity contribution in [1.29, 1.82) is 0 Å². The van der Waals surface area contributed by atoms with E-state index in [0.717, 1.165) is 11.1 Å². The van der Waals surface area contributed by atoms with Crippen LogP contribution in [0.2, 0.25) is 0 Å². The first-order chi connectivity index (χ1) is 9.11. The molecule has 0 aliphatic rings. The molecule has 0 aliphatic heterocycles. The van der Waals surface area contributed by atoms with Gasteiger partial charge in [-0.2, -0.15) is 0 Å². The summed E-state index contributed by atoms with van der Waals surface area (Å²) in [6.45, 7) is 3.99. The van der Waals surface area contributed by atoms with Crippen LogP contribution in [0.25, 0.3) is 0 Å². The van der Waals surface area contributed by atoms with Gasteiger partial charge in [0.05, 0.1) is 13.2 Å². The van der Waals surface area contributed by atoms with E-state index >= 15 is 0 Å². The first-order valence-electron chi connectivity index (χ1n) is 6.05. The molecule has 0 radical (unpaired) electrons. The second-order valence-electron chi connectivity index (χ2n) is 4.26. The fourth-order valence-electron chi connectivity index (χ4n) is 1.69. The molecule has 0 saturated carbocycles. The van der Waals surface area contributed by atoms with Gasteiger partial charge in [0.15, 0.2) is 0 Å². The van der Waals surface area contributed by atoms with E-state index in [1.807, 2.05) is 32.0 Å². The molecule has 0 spiro atoms. The van der Waals surface area contributed by atoms with Crippen LogP contribution >= 0.6 is 0 Å². The molecule has 2 rings (SSSR count). The molecule has 0 atom stereocenters. The minimum absolute atomic E-state index is 0.139. The molecule has 1 heterocycles. The minimum Gasteiger partial charge on any atom is -0.437 e. The number of aliphatic hydroxyl groups is 1. The standard InChI is InChI=1S/C14H16N2O3/c1-10-4-3-5-12(11(10)2)19-13-6-7-14(18)16(15-13)8-9-17/h3-7,17H,8-9H2,1-2H3. The van der Waals surface area contributed by atoms with Crippen molar-refractivity contribution in [1.82, 2.24) is 9.78 Å². The highest BCUT2D eigenvalue weighted by Gasteiger charge is 2.06. The van der Waals surface area contributed by atoms with Crippen LogP contribution in [0.5, 0.6) is 11.6 Å². The van der Waals surface area contributed by atoms with Crippen LogP contribution in [0.4, 0.5) is 0 Å². The number of aromatic nitrogens is 2. The van der Waals surface area contributed by atoms with Crippen molar-refractivity contribution in [2.45, 2.75) is 20.4 Å². The number of aliphatic hydroxyl groups excluding tert-OH is 1. The van der Waals surface area contributed by atoms with Gasteiger partial charge in [-0.05, 0) is 31.0 Å². The SMILES string of the molecule is Cc1cccc(Oc2ccc(=O)n(CCO)n2)c1C. The van der Waals surface area contributed by atoms with Gasteiger partial charge >= 0.3 is 0 Å². The van der Waals surface area contributed by atoms with Crippen molar-refractivity contribution in [2.24, 2.45) is 0 Å². The highest BCUT2D eigenvalue weighted by Crippen LogP contribution is 2.24. The number of benzene rings is 1. The second kappa shape index (κ2) is 5.67. The third-order valence-electron chi connectivity index (χ3n) is 2.92. The van der Waals surface area contributed by atoms with Gasteiger partial charge in [0.2, 0.25) is 5.88 Å². The number of rotatable bonds is 4. The summed E-state index contributed by atoms with van der Waals surface area (Å²) in [5.41, 5.74) is 1.90. The number of aryl methyl sites for hydroxylation is 1. The summed E-state index contributed by atoms with van der Waals surface area (Å²) in [6.07, 6.45) is 0. The zero-order valence-corrected chi connectivity index (χ0v) is 11.0.